The van der Waals surface area contributed by atoms with E-state index in [1.807, 2.05) is 64.4 Å². The topological polar surface area (TPSA) is 142 Å². The third-order valence-corrected chi connectivity index (χ3v) is 9.50. The number of rotatable bonds is 1. The number of ether oxygens (including phenoxy) is 1. The van der Waals surface area contributed by atoms with Crippen LogP contribution in [0.15, 0.2) is 18.2 Å². The van der Waals surface area contributed by atoms with Crippen LogP contribution < -0.4 is 0 Å². The molecule has 0 radical (unpaired) electrons. The lowest BCUT2D eigenvalue weighted by atomic mass is 9.69. The van der Waals surface area contributed by atoms with Crippen LogP contribution in [0.2, 0.25) is 0 Å². The number of ketones is 1. The van der Waals surface area contributed by atoms with Gasteiger partial charge in [0.25, 0.3) is 0 Å². The highest BCUT2D eigenvalue weighted by atomic mass is 16.6. The Morgan fingerprint density at radius 2 is 1.76 bits per heavy atom. The normalized spacial score (nSPS) is 29.0. The van der Waals surface area contributed by atoms with Gasteiger partial charge in [0.15, 0.2) is 0 Å². The zero-order valence-corrected chi connectivity index (χ0v) is 26.6. The number of hydrogen-bond donors (Lipinski definition) is 3. The number of carbonyl (C=O) groups is 3. The maximum Gasteiger partial charge on any atom is 0.407 e. The molecule has 1 amide bonds. The molecule has 234 valence electrons. The quantitative estimate of drug-likeness (QED) is 0.404. The Morgan fingerprint density at radius 3 is 2.36 bits per heavy atom. The number of imidazole rings is 1. The highest BCUT2D eigenvalue weighted by molar-refractivity contribution is 5.88. The number of cyclic esters (lactones) is 1. The largest absolute Gasteiger partial charge is 0.465 e. The number of aromatic nitrogens is 2. The molecule has 10 nitrogen and oxygen atoms in total. The molecule has 0 bridgehead atoms. The van der Waals surface area contributed by atoms with E-state index in [0.717, 1.165) is 16.9 Å². The Bertz CT molecular complexity index is 1310. The number of aryl methyl sites for hydroxylation is 2. The Hall–Kier alpha value is -2.98. The van der Waals surface area contributed by atoms with Crippen LogP contribution in [-0.4, -0.2) is 72.9 Å². The number of hydrogen-bond acceptors (Lipinski definition) is 7. The fourth-order valence-electron chi connectivity index (χ4n) is 6.21. The molecule has 0 saturated carbocycles. The summed E-state index contributed by atoms with van der Waals surface area (Å²) in [6.45, 7) is 14.7. The lowest BCUT2D eigenvalue weighted by molar-refractivity contribution is -0.182. The Morgan fingerprint density at radius 1 is 1.12 bits per heavy atom. The second-order valence-electron chi connectivity index (χ2n) is 13.7. The summed E-state index contributed by atoms with van der Waals surface area (Å²) in [4.78, 5) is 45.4. The molecule has 0 aliphatic carbocycles. The Balaban J connectivity index is 2.14. The Kier molecular flexibility index (Phi) is 9.84. The fraction of sp³-hybridized carbons (Fsp3) is 0.688. The summed E-state index contributed by atoms with van der Waals surface area (Å²) < 4.78 is 8.32. The van der Waals surface area contributed by atoms with E-state index in [2.05, 4.69) is 4.98 Å². The van der Waals surface area contributed by atoms with Gasteiger partial charge in [-0.15, -0.1) is 0 Å². The third-order valence-electron chi connectivity index (χ3n) is 9.50. The number of aliphatic hydroxyl groups is 2. The smallest absolute Gasteiger partial charge is 0.407 e. The van der Waals surface area contributed by atoms with Crippen molar-refractivity contribution in [2.45, 2.75) is 98.9 Å². The highest BCUT2D eigenvalue weighted by Gasteiger charge is 2.49. The van der Waals surface area contributed by atoms with Gasteiger partial charge in [-0.2, -0.15) is 0 Å². The molecule has 3 rings (SSSR count). The zero-order chi connectivity index (χ0) is 31.8. The average Bonchev–Trinajstić information content (AvgIpc) is 3.18. The highest BCUT2D eigenvalue weighted by Crippen LogP contribution is 2.47. The minimum Gasteiger partial charge on any atom is -0.465 e. The van der Waals surface area contributed by atoms with Gasteiger partial charge in [0.1, 0.15) is 17.2 Å². The van der Waals surface area contributed by atoms with Crippen LogP contribution in [0.25, 0.3) is 11.0 Å². The average molecular weight is 588 g/mol. The molecule has 0 spiro atoms. The van der Waals surface area contributed by atoms with Gasteiger partial charge >= 0.3 is 12.1 Å². The first kappa shape index (κ1) is 33.5. The molecular weight excluding hydrogens is 538 g/mol. The molecule has 1 aromatic heterocycles. The molecule has 42 heavy (non-hydrogen) atoms. The molecule has 10 heteroatoms. The summed E-state index contributed by atoms with van der Waals surface area (Å²) in [5.41, 5.74) is -0.977. The van der Waals surface area contributed by atoms with Gasteiger partial charge in [0, 0.05) is 37.9 Å². The second-order valence-corrected chi connectivity index (χ2v) is 13.7. The number of carboxylic acid groups (broad SMARTS) is 1. The maximum absolute atomic E-state index is 13.7. The predicted molar refractivity (Wildman–Crippen MR) is 160 cm³/mol. The molecule has 3 N–H and O–H groups in total. The first-order chi connectivity index (χ1) is 19.3. The van der Waals surface area contributed by atoms with Gasteiger partial charge in [-0.3, -0.25) is 9.59 Å². The van der Waals surface area contributed by atoms with E-state index in [-0.39, 0.29) is 31.2 Å². The molecule has 1 aliphatic rings. The molecule has 2 aromatic rings. The number of amides is 1. The summed E-state index contributed by atoms with van der Waals surface area (Å²) in [6.07, 6.45) is -2.69. The standard InChI is InChI=1S/C32H49N3O7/c1-19-11-10-15-35(29(40)41)16-14-32(30(4,5)6,22-12-13-24-23(17-22)33-21(3)34(24)9)42-26(37)18-25(36)31(7,8)28(39)20(2)27(19)38/h12-13,17,19-20,25,27,36,38H,10-11,14-16,18H2,1-9H3,(H,40,41)/t19-,20+,25-,27-,32+/m0/s1. The van der Waals surface area contributed by atoms with Crippen molar-refractivity contribution in [3.05, 3.63) is 29.6 Å². The van der Waals surface area contributed by atoms with Crippen LogP contribution in [0.4, 0.5) is 4.79 Å². The van der Waals surface area contributed by atoms with Gasteiger partial charge in [0.2, 0.25) is 0 Å². The summed E-state index contributed by atoms with van der Waals surface area (Å²) >= 11 is 0. The molecule has 1 aliphatic heterocycles. The predicted octanol–water partition coefficient (Wildman–Crippen LogP) is 4.81. The van der Waals surface area contributed by atoms with Crippen LogP contribution in [0, 0.1) is 29.6 Å². The molecule has 0 unspecified atom stereocenters. The molecule has 1 aromatic carbocycles. The number of aliphatic hydroxyl groups excluding tert-OH is 2. The van der Waals surface area contributed by atoms with E-state index in [1.165, 1.54) is 4.90 Å². The van der Waals surface area contributed by atoms with E-state index in [9.17, 15) is 29.7 Å². The number of esters is 1. The van der Waals surface area contributed by atoms with Crippen molar-refractivity contribution in [3.8, 4) is 0 Å². The zero-order valence-electron chi connectivity index (χ0n) is 26.6. The van der Waals surface area contributed by atoms with E-state index < -0.39 is 53.0 Å². The van der Waals surface area contributed by atoms with E-state index in [4.69, 9.17) is 4.74 Å². The van der Waals surface area contributed by atoms with E-state index in [1.54, 1.807) is 20.8 Å². The first-order valence-electron chi connectivity index (χ1n) is 14.9. The molecule has 1 saturated heterocycles. The number of nitrogens with zero attached hydrogens (tertiary/aromatic N) is 3. The summed E-state index contributed by atoms with van der Waals surface area (Å²) in [6, 6.07) is 5.70. The van der Waals surface area contributed by atoms with Crippen LogP contribution in [0.3, 0.4) is 0 Å². The van der Waals surface area contributed by atoms with Crippen LogP contribution in [0.1, 0.15) is 85.5 Å². The van der Waals surface area contributed by atoms with E-state index >= 15 is 0 Å². The van der Waals surface area contributed by atoms with Crippen LogP contribution >= 0.6 is 0 Å². The summed E-state index contributed by atoms with van der Waals surface area (Å²) in [7, 11) is 1.92. The number of Topliss-reactive ketones (excluding diaryl/α,β-unsaturated/α-hetero) is 1. The number of carbonyl (C=O) groups excluding carboxylic acids is 2. The van der Waals surface area contributed by atoms with Gasteiger partial charge in [0.05, 0.1) is 35.1 Å². The molecular formula is C32H49N3O7. The minimum absolute atomic E-state index is 0.0963. The lowest BCUT2D eigenvalue weighted by Crippen LogP contribution is -2.49. The van der Waals surface area contributed by atoms with Crippen molar-refractivity contribution >= 4 is 28.9 Å². The van der Waals surface area contributed by atoms with Crippen molar-refractivity contribution in [3.63, 3.8) is 0 Å². The van der Waals surface area contributed by atoms with E-state index in [0.29, 0.717) is 18.4 Å². The van der Waals surface area contributed by atoms with Crippen molar-refractivity contribution in [2.24, 2.45) is 29.7 Å². The lowest BCUT2D eigenvalue weighted by Gasteiger charge is -2.45. The fourth-order valence-corrected chi connectivity index (χ4v) is 6.21. The number of benzene rings is 1. The van der Waals surface area contributed by atoms with Gasteiger partial charge in [-0.25, -0.2) is 9.78 Å². The van der Waals surface area contributed by atoms with Crippen molar-refractivity contribution in [1.29, 1.82) is 0 Å². The third kappa shape index (κ3) is 6.49. The molecule has 5 atom stereocenters. The first-order valence-corrected chi connectivity index (χ1v) is 14.9. The van der Waals surface area contributed by atoms with Gasteiger partial charge in [-0.1, -0.05) is 54.5 Å². The monoisotopic (exact) mass is 587 g/mol. The van der Waals surface area contributed by atoms with Crippen LogP contribution in [0.5, 0.6) is 0 Å². The summed E-state index contributed by atoms with van der Waals surface area (Å²) in [5, 5.41) is 32.2. The van der Waals surface area contributed by atoms with Crippen LogP contribution in [-0.2, 0) is 27.0 Å². The Labute approximate surface area is 249 Å². The SMILES string of the molecule is Cc1nc2cc([C@@]3(C(C)(C)C)CCN(C(=O)O)CCC[C@H](C)[C@H](O)[C@@H](C)C(=O)C(C)(C)[C@@H](O)CC(=O)O3)ccc2n1C. The summed E-state index contributed by atoms with van der Waals surface area (Å²) in [5.74, 6) is -1.28. The van der Waals surface area contributed by atoms with Gasteiger partial charge < -0.3 is 29.5 Å². The molecule has 2 heterocycles. The second kappa shape index (κ2) is 12.3. The maximum atomic E-state index is 13.7. The van der Waals surface area contributed by atoms with Crippen molar-refractivity contribution < 1.29 is 34.4 Å². The minimum atomic E-state index is -1.36. The molecule has 1 fully saturated rings. The number of fused-ring (bicyclic) bond motifs is 1. The van der Waals surface area contributed by atoms with Crippen molar-refractivity contribution in [2.75, 3.05) is 13.1 Å². The van der Waals surface area contributed by atoms with Gasteiger partial charge in [-0.05, 0) is 43.4 Å². The van der Waals surface area contributed by atoms with Crippen molar-refractivity contribution in [1.82, 2.24) is 14.5 Å².